The van der Waals surface area contributed by atoms with Crippen LogP contribution in [-0.4, -0.2) is 19.8 Å². The van der Waals surface area contributed by atoms with Gasteiger partial charge in [-0.3, -0.25) is 0 Å². The quantitative estimate of drug-likeness (QED) is 0.730. The summed E-state index contributed by atoms with van der Waals surface area (Å²) in [5.41, 5.74) is 5.96. The molecular weight excluding hydrogens is 162 g/mol. The predicted octanol–water partition coefficient (Wildman–Crippen LogP) is 2.03. The van der Waals surface area contributed by atoms with Gasteiger partial charge in [-0.25, -0.2) is 0 Å². The first-order chi connectivity index (χ1) is 6.15. The molecule has 2 N–H and O–H groups in total. The zero-order valence-electron chi connectivity index (χ0n) is 9.12. The summed E-state index contributed by atoms with van der Waals surface area (Å²) in [6.07, 6.45) is 3.63. The Kier molecular flexibility index (Phi) is 4.20. The highest BCUT2D eigenvalue weighted by Crippen LogP contribution is 2.34. The van der Waals surface area contributed by atoms with Crippen LogP contribution in [-0.2, 0) is 4.74 Å². The van der Waals surface area contributed by atoms with E-state index in [9.17, 15) is 0 Å². The molecule has 13 heavy (non-hydrogen) atoms. The van der Waals surface area contributed by atoms with Crippen LogP contribution < -0.4 is 5.73 Å². The van der Waals surface area contributed by atoms with Crippen molar-refractivity contribution in [3.8, 4) is 0 Å². The van der Waals surface area contributed by atoms with Gasteiger partial charge < -0.3 is 10.5 Å². The van der Waals surface area contributed by atoms with E-state index in [4.69, 9.17) is 10.5 Å². The molecule has 3 atom stereocenters. The maximum atomic E-state index is 5.96. The van der Waals surface area contributed by atoms with Crippen LogP contribution in [0.4, 0.5) is 0 Å². The van der Waals surface area contributed by atoms with Gasteiger partial charge in [0.1, 0.15) is 0 Å². The fraction of sp³-hybridized carbons (Fsp3) is 1.00. The van der Waals surface area contributed by atoms with Crippen molar-refractivity contribution in [2.45, 2.75) is 39.2 Å². The Labute approximate surface area is 81.8 Å². The minimum Gasteiger partial charge on any atom is -0.384 e. The van der Waals surface area contributed by atoms with Crippen LogP contribution in [0.15, 0.2) is 0 Å². The molecule has 0 aromatic rings. The maximum absolute atomic E-state index is 5.96. The number of rotatable bonds is 3. The van der Waals surface area contributed by atoms with Crippen molar-refractivity contribution in [2.75, 3.05) is 13.7 Å². The van der Waals surface area contributed by atoms with E-state index in [1.807, 2.05) is 0 Å². The van der Waals surface area contributed by atoms with Gasteiger partial charge in [-0.05, 0) is 37.0 Å². The first-order valence-corrected chi connectivity index (χ1v) is 5.39. The van der Waals surface area contributed by atoms with Crippen molar-refractivity contribution in [3.63, 3.8) is 0 Å². The highest BCUT2D eigenvalue weighted by Gasteiger charge is 2.30. The van der Waals surface area contributed by atoms with E-state index >= 15 is 0 Å². The van der Waals surface area contributed by atoms with E-state index in [1.54, 1.807) is 7.11 Å². The van der Waals surface area contributed by atoms with E-state index < -0.39 is 0 Å². The summed E-state index contributed by atoms with van der Waals surface area (Å²) < 4.78 is 5.25. The van der Waals surface area contributed by atoms with Crippen LogP contribution in [0.5, 0.6) is 0 Å². The molecule has 0 spiro atoms. The molecule has 0 aromatic heterocycles. The number of nitrogens with two attached hydrogens (primary N) is 1. The molecule has 0 aliphatic heterocycles. The Morgan fingerprint density at radius 1 is 1.38 bits per heavy atom. The number of ether oxygens (including phenoxy) is 1. The van der Waals surface area contributed by atoms with Crippen LogP contribution in [0, 0.1) is 17.8 Å². The van der Waals surface area contributed by atoms with E-state index in [2.05, 4.69) is 13.8 Å². The van der Waals surface area contributed by atoms with Gasteiger partial charge in [-0.15, -0.1) is 0 Å². The fourth-order valence-corrected chi connectivity index (χ4v) is 2.61. The van der Waals surface area contributed by atoms with Crippen molar-refractivity contribution in [1.29, 1.82) is 0 Å². The molecule has 1 saturated carbocycles. The smallest absolute Gasteiger partial charge is 0.0493 e. The molecule has 0 heterocycles. The number of hydrogen-bond acceptors (Lipinski definition) is 2. The standard InChI is InChI=1S/C11H23NO/c1-8(2)11-5-4-10(12)6-9(11)7-13-3/h8-11H,4-7,12H2,1-3H3. The second-order valence-electron chi connectivity index (χ2n) is 4.70. The summed E-state index contributed by atoms with van der Waals surface area (Å²) in [6.45, 7) is 5.50. The molecule has 2 nitrogen and oxygen atoms in total. The highest BCUT2D eigenvalue weighted by molar-refractivity contribution is 4.83. The van der Waals surface area contributed by atoms with Gasteiger partial charge in [0.05, 0.1) is 0 Å². The molecule has 1 fully saturated rings. The van der Waals surface area contributed by atoms with Gasteiger partial charge in [0.2, 0.25) is 0 Å². The second kappa shape index (κ2) is 4.97. The van der Waals surface area contributed by atoms with Crippen LogP contribution >= 0.6 is 0 Å². The van der Waals surface area contributed by atoms with Gasteiger partial charge in [-0.2, -0.15) is 0 Å². The average molecular weight is 185 g/mol. The molecule has 78 valence electrons. The topological polar surface area (TPSA) is 35.2 Å². The van der Waals surface area contributed by atoms with Crippen LogP contribution in [0.2, 0.25) is 0 Å². The lowest BCUT2D eigenvalue weighted by molar-refractivity contribution is 0.0678. The van der Waals surface area contributed by atoms with Crippen LogP contribution in [0.1, 0.15) is 33.1 Å². The van der Waals surface area contributed by atoms with Gasteiger partial charge in [-0.1, -0.05) is 13.8 Å². The molecule has 0 bridgehead atoms. The third kappa shape index (κ3) is 2.96. The number of hydrogen-bond donors (Lipinski definition) is 1. The second-order valence-corrected chi connectivity index (χ2v) is 4.70. The van der Waals surface area contributed by atoms with Crippen LogP contribution in [0.25, 0.3) is 0 Å². The highest BCUT2D eigenvalue weighted by atomic mass is 16.5. The number of methoxy groups -OCH3 is 1. The zero-order chi connectivity index (χ0) is 9.84. The molecule has 1 aliphatic rings. The van der Waals surface area contributed by atoms with E-state index in [0.29, 0.717) is 12.0 Å². The Morgan fingerprint density at radius 2 is 2.08 bits per heavy atom. The molecule has 2 heteroatoms. The molecule has 0 saturated heterocycles. The predicted molar refractivity (Wildman–Crippen MR) is 55.5 cm³/mol. The van der Waals surface area contributed by atoms with E-state index in [1.165, 1.54) is 12.8 Å². The molecular formula is C11H23NO. The molecule has 0 aromatic carbocycles. The molecule has 3 unspecified atom stereocenters. The lowest BCUT2D eigenvalue weighted by atomic mass is 9.72. The van der Waals surface area contributed by atoms with E-state index in [-0.39, 0.29) is 0 Å². The lowest BCUT2D eigenvalue weighted by Gasteiger charge is -2.36. The largest absolute Gasteiger partial charge is 0.384 e. The summed E-state index contributed by atoms with van der Waals surface area (Å²) in [4.78, 5) is 0. The summed E-state index contributed by atoms with van der Waals surface area (Å²) in [6, 6.07) is 0.412. The Morgan fingerprint density at radius 3 is 2.62 bits per heavy atom. The third-order valence-electron chi connectivity index (χ3n) is 3.32. The van der Waals surface area contributed by atoms with Gasteiger partial charge in [0.25, 0.3) is 0 Å². The molecule has 1 aliphatic carbocycles. The van der Waals surface area contributed by atoms with Gasteiger partial charge in [0.15, 0.2) is 0 Å². The minimum atomic E-state index is 0.412. The molecule has 0 radical (unpaired) electrons. The van der Waals surface area contributed by atoms with Gasteiger partial charge >= 0.3 is 0 Å². The van der Waals surface area contributed by atoms with Crippen molar-refractivity contribution in [2.24, 2.45) is 23.5 Å². The summed E-state index contributed by atoms with van der Waals surface area (Å²) in [5, 5.41) is 0. The minimum absolute atomic E-state index is 0.412. The Balaban J connectivity index is 2.50. The van der Waals surface area contributed by atoms with Crippen molar-refractivity contribution < 1.29 is 4.74 Å². The summed E-state index contributed by atoms with van der Waals surface area (Å²) in [7, 11) is 1.79. The average Bonchev–Trinajstić information content (AvgIpc) is 2.04. The first kappa shape index (κ1) is 11.0. The normalized spacial score (nSPS) is 35.3. The van der Waals surface area contributed by atoms with E-state index in [0.717, 1.165) is 24.9 Å². The maximum Gasteiger partial charge on any atom is 0.0493 e. The monoisotopic (exact) mass is 185 g/mol. The van der Waals surface area contributed by atoms with Crippen molar-refractivity contribution >= 4 is 0 Å². The van der Waals surface area contributed by atoms with Gasteiger partial charge in [0, 0.05) is 19.8 Å². The lowest BCUT2D eigenvalue weighted by Crippen LogP contribution is -2.37. The zero-order valence-corrected chi connectivity index (χ0v) is 9.12. The van der Waals surface area contributed by atoms with Crippen molar-refractivity contribution in [3.05, 3.63) is 0 Å². The Hall–Kier alpha value is -0.0800. The molecule has 1 rings (SSSR count). The Bertz CT molecular complexity index is 147. The molecule has 0 amide bonds. The third-order valence-corrected chi connectivity index (χ3v) is 3.32. The first-order valence-electron chi connectivity index (χ1n) is 5.39. The summed E-state index contributed by atoms with van der Waals surface area (Å²) >= 11 is 0. The SMILES string of the molecule is COCC1CC(N)CCC1C(C)C. The fourth-order valence-electron chi connectivity index (χ4n) is 2.61. The van der Waals surface area contributed by atoms with Crippen molar-refractivity contribution in [1.82, 2.24) is 0 Å². The summed E-state index contributed by atoms with van der Waals surface area (Å²) in [5.74, 6) is 2.28. The van der Waals surface area contributed by atoms with Crippen LogP contribution in [0.3, 0.4) is 0 Å².